The highest BCUT2D eigenvalue weighted by atomic mass is 35.5. The molecule has 0 radical (unpaired) electrons. The number of hydrogen-bond acceptors (Lipinski definition) is 5. The number of nitrogens with zero attached hydrogens (tertiary/aromatic N) is 4. The Labute approximate surface area is 135 Å². The van der Waals surface area contributed by atoms with Gasteiger partial charge in [-0.2, -0.15) is 14.7 Å². The molecule has 22 heavy (non-hydrogen) atoms. The molecule has 1 amide bonds. The van der Waals surface area contributed by atoms with E-state index in [1.54, 1.807) is 29.8 Å². The number of benzene rings is 1. The largest absolute Gasteiger partial charge is 0.292 e. The molecular weight excluding hydrogens is 322 g/mol. The van der Waals surface area contributed by atoms with Crippen LogP contribution < -0.4 is 5.43 Å². The lowest BCUT2D eigenvalue weighted by atomic mass is 10.2. The van der Waals surface area contributed by atoms with Gasteiger partial charge in [0.25, 0.3) is 5.91 Å². The van der Waals surface area contributed by atoms with Crippen LogP contribution in [0.4, 0.5) is 0 Å². The zero-order chi connectivity index (χ0) is 15.7. The first-order valence-corrected chi connectivity index (χ1v) is 7.66. The number of aromatic nitrogens is 3. The number of imidazole rings is 1. The van der Waals surface area contributed by atoms with Gasteiger partial charge in [0.1, 0.15) is 5.01 Å². The zero-order valence-electron chi connectivity index (χ0n) is 11.9. The van der Waals surface area contributed by atoms with Crippen molar-refractivity contribution < 1.29 is 4.79 Å². The van der Waals surface area contributed by atoms with E-state index in [0.29, 0.717) is 21.4 Å². The molecule has 6 nitrogen and oxygen atoms in total. The Morgan fingerprint density at radius 1 is 1.36 bits per heavy atom. The summed E-state index contributed by atoms with van der Waals surface area (Å²) in [4.78, 5) is 17.3. The van der Waals surface area contributed by atoms with Gasteiger partial charge in [0.05, 0.1) is 11.9 Å². The van der Waals surface area contributed by atoms with Crippen LogP contribution in [0.3, 0.4) is 0 Å². The van der Waals surface area contributed by atoms with Gasteiger partial charge in [-0.25, -0.2) is 10.4 Å². The molecule has 0 saturated carbocycles. The lowest BCUT2D eigenvalue weighted by Gasteiger charge is -1.99. The number of halogens is 1. The van der Waals surface area contributed by atoms with Crippen LogP contribution in [0.1, 0.15) is 26.8 Å². The molecule has 1 N–H and O–H groups in total. The van der Waals surface area contributed by atoms with Crippen molar-refractivity contribution in [2.24, 2.45) is 5.10 Å². The summed E-state index contributed by atoms with van der Waals surface area (Å²) in [6.45, 7) is 3.64. The molecule has 0 fully saturated rings. The second-order valence-corrected chi connectivity index (χ2v) is 6.21. The Balaban J connectivity index is 1.78. The van der Waals surface area contributed by atoms with Crippen molar-refractivity contribution in [2.45, 2.75) is 13.8 Å². The van der Waals surface area contributed by atoms with E-state index < -0.39 is 0 Å². The number of hydrazone groups is 1. The molecule has 3 rings (SSSR count). The van der Waals surface area contributed by atoms with Gasteiger partial charge in [-0.3, -0.25) is 4.79 Å². The van der Waals surface area contributed by atoms with Crippen molar-refractivity contribution in [3.05, 3.63) is 51.2 Å². The van der Waals surface area contributed by atoms with Crippen LogP contribution in [0.5, 0.6) is 0 Å². The number of amides is 1. The van der Waals surface area contributed by atoms with Crippen LogP contribution in [0, 0.1) is 13.8 Å². The van der Waals surface area contributed by atoms with E-state index in [9.17, 15) is 4.79 Å². The van der Waals surface area contributed by atoms with E-state index in [4.69, 9.17) is 11.6 Å². The number of hydrogen-bond donors (Lipinski definition) is 1. The highest BCUT2D eigenvalue weighted by molar-refractivity contribution is 7.16. The normalized spacial score (nSPS) is 11.4. The molecule has 3 aromatic rings. The number of carbonyl (C=O) groups excluding carboxylic acids is 1. The van der Waals surface area contributed by atoms with Gasteiger partial charge in [0.15, 0.2) is 5.69 Å². The smallest absolute Gasteiger partial charge is 0.265 e. The van der Waals surface area contributed by atoms with Crippen LogP contribution in [0.2, 0.25) is 5.02 Å². The summed E-state index contributed by atoms with van der Waals surface area (Å²) in [5.74, 6) is -0.347. The quantitative estimate of drug-likeness (QED) is 0.591. The van der Waals surface area contributed by atoms with Crippen molar-refractivity contribution >= 4 is 40.0 Å². The molecular formula is C14H12ClN5OS. The van der Waals surface area contributed by atoms with E-state index in [-0.39, 0.29) is 5.91 Å². The summed E-state index contributed by atoms with van der Waals surface area (Å²) in [5, 5.41) is 9.72. The predicted molar refractivity (Wildman–Crippen MR) is 86.9 cm³/mol. The molecule has 2 heterocycles. The fraction of sp³-hybridized carbons (Fsp3) is 0.143. The summed E-state index contributed by atoms with van der Waals surface area (Å²) in [6, 6.07) is 7.13. The summed E-state index contributed by atoms with van der Waals surface area (Å²) < 4.78 is 1.54. The standard InChI is InChI=1S/C14H12ClN5OS/c1-8-12(20-14(17-8)22-9(2)19-20)13(21)18-16-7-10-3-5-11(15)6-4-10/h3-7H,1-2H3,(H,18,21)/b16-7+. The maximum Gasteiger partial charge on any atom is 0.292 e. The molecule has 0 unspecified atom stereocenters. The van der Waals surface area contributed by atoms with E-state index in [1.807, 2.05) is 19.1 Å². The van der Waals surface area contributed by atoms with E-state index in [1.165, 1.54) is 11.3 Å². The lowest BCUT2D eigenvalue weighted by Crippen LogP contribution is -2.20. The summed E-state index contributed by atoms with van der Waals surface area (Å²) in [5.41, 5.74) is 4.35. The first-order valence-electron chi connectivity index (χ1n) is 6.46. The maximum absolute atomic E-state index is 12.3. The van der Waals surface area contributed by atoms with E-state index in [2.05, 4.69) is 20.6 Å². The molecule has 2 aromatic heterocycles. The fourth-order valence-corrected chi connectivity index (χ4v) is 2.89. The molecule has 0 saturated heterocycles. The SMILES string of the molecule is Cc1nn2c(C(=O)N/N=C/c3ccc(Cl)cc3)c(C)nc2s1. The minimum atomic E-state index is -0.347. The van der Waals surface area contributed by atoms with Gasteiger partial charge in [-0.15, -0.1) is 0 Å². The monoisotopic (exact) mass is 333 g/mol. The van der Waals surface area contributed by atoms with Crippen molar-refractivity contribution in [2.75, 3.05) is 0 Å². The average molecular weight is 334 g/mol. The molecule has 8 heteroatoms. The Kier molecular flexibility index (Phi) is 3.91. The third-order valence-corrected chi connectivity index (χ3v) is 4.02. The fourth-order valence-electron chi connectivity index (χ4n) is 1.97. The summed E-state index contributed by atoms with van der Waals surface area (Å²) >= 11 is 7.25. The second kappa shape index (κ2) is 5.86. The van der Waals surface area contributed by atoms with Gasteiger partial charge in [-0.05, 0) is 31.5 Å². The number of carbonyl (C=O) groups is 1. The number of rotatable bonds is 3. The number of fused-ring (bicyclic) bond motifs is 1. The van der Waals surface area contributed by atoms with Crippen LogP contribution in [-0.4, -0.2) is 26.7 Å². The molecule has 112 valence electrons. The summed E-state index contributed by atoms with van der Waals surface area (Å²) in [7, 11) is 0. The first-order chi connectivity index (χ1) is 10.5. The molecule has 0 aliphatic heterocycles. The third-order valence-electron chi connectivity index (χ3n) is 2.94. The maximum atomic E-state index is 12.3. The van der Waals surface area contributed by atoms with Crippen molar-refractivity contribution in [1.82, 2.24) is 20.0 Å². The van der Waals surface area contributed by atoms with E-state index in [0.717, 1.165) is 10.6 Å². The van der Waals surface area contributed by atoms with Crippen LogP contribution in [0.15, 0.2) is 29.4 Å². The molecule has 0 aliphatic carbocycles. The first kappa shape index (κ1) is 14.7. The summed E-state index contributed by atoms with van der Waals surface area (Å²) in [6.07, 6.45) is 1.55. The molecule has 1 aromatic carbocycles. The van der Waals surface area contributed by atoms with Crippen molar-refractivity contribution in [3.63, 3.8) is 0 Å². The Morgan fingerprint density at radius 3 is 2.82 bits per heavy atom. The predicted octanol–water partition coefficient (Wildman–Crippen LogP) is 2.82. The zero-order valence-corrected chi connectivity index (χ0v) is 13.4. The van der Waals surface area contributed by atoms with Crippen LogP contribution in [-0.2, 0) is 0 Å². The van der Waals surface area contributed by atoms with Crippen LogP contribution >= 0.6 is 22.9 Å². The van der Waals surface area contributed by atoms with E-state index >= 15 is 0 Å². The van der Waals surface area contributed by atoms with Gasteiger partial charge in [-0.1, -0.05) is 35.1 Å². The Bertz CT molecular complexity index is 865. The van der Waals surface area contributed by atoms with Crippen LogP contribution in [0.25, 0.3) is 4.96 Å². The third kappa shape index (κ3) is 2.86. The van der Waals surface area contributed by atoms with Gasteiger partial charge in [0, 0.05) is 5.02 Å². The average Bonchev–Trinajstić information content (AvgIpc) is 2.95. The minimum absolute atomic E-state index is 0.347. The highest BCUT2D eigenvalue weighted by Gasteiger charge is 2.18. The second-order valence-electron chi connectivity index (χ2n) is 4.61. The number of nitrogens with one attached hydrogen (secondary N) is 1. The Morgan fingerprint density at radius 2 is 2.09 bits per heavy atom. The topological polar surface area (TPSA) is 71.7 Å². The highest BCUT2D eigenvalue weighted by Crippen LogP contribution is 2.17. The lowest BCUT2D eigenvalue weighted by molar-refractivity contribution is 0.0947. The van der Waals surface area contributed by atoms with Crippen molar-refractivity contribution in [1.29, 1.82) is 0 Å². The van der Waals surface area contributed by atoms with Crippen molar-refractivity contribution in [3.8, 4) is 0 Å². The Hall–Kier alpha value is -2.25. The minimum Gasteiger partial charge on any atom is -0.265 e. The molecule has 0 atom stereocenters. The van der Waals surface area contributed by atoms with Gasteiger partial charge in [0.2, 0.25) is 4.96 Å². The molecule has 0 bridgehead atoms. The van der Waals surface area contributed by atoms with Gasteiger partial charge < -0.3 is 0 Å². The molecule has 0 aliphatic rings. The van der Waals surface area contributed by atoms with Gasteiger partial charge >= 0.3 is 0 Å². The number of aryl methyl sites for hydroxylation is 2. The molecule has 0 spiro atoms.